The highest BCUT2D eigenvalue weighted by Crippen LogP contribution is 2.14. The van der Waals surface area contributed by atoms with E-state index in [1.54, 1.807) is 12.1 Å². The number of aromatic nitrogens is 3. The standard InChI is InChI=1S/C17H17N5O2S/c23-16-13-4-1-2-5-14(13)18-19-22(16)12-20-7-9-21(10-8-20)17(24)15-6-3-11-25-15/h1-6,11H,7-10,12H2. The van der Waals surface area contributed by atoms with E-state index in [1.807, 2.05) is 34.5 Å². The van der Waals surface area contributed by atoms with E-state index in [0.717, 1.165) is 4.88 Å². The van der Waals surface area contributed by atoms with Crippen molar-refractivity contribution in [1.29, 1.82) is 0 Å². The van der Waals surface area contributed by atoms with Crippen LogP contribution in [0.3, 0.4) is 0 Å². The average molecular weight is 355 g/mol. The van der Waals surface area contributed by atoms with E-state index in [9.17, 15) is 9.59 Å². The summed E-state index contributed by atoms with van der Waals surface area (Å²) in [5, 5.41) is 10.6. The van der Waals surface area contributed by atoms with Crippen molar-refractivity contribution in [2.45, 2.75) is 6.67 Å². The van der Waals surface area contributed by atoms with E-state index < -0.39 is 0 Å². The zero-order chi connectivity index (χ0) is 17.2. The average Bonchev–Trinajstić information content (AvgIpc) is 3.19. The molecule has 1 aromatic carbocycles. The maximum atomic E-state index is 12.5. The SMILES string of the molecule is O=C(c1cccs1)N1CCN(Cn2nnc3ccccc3c2=O)CC1. The van der Waals surface area contributed by atoms with Crippen LogP contribution in [0.25, 0.3) is 10.9 Å². The van der Waals surface area contributed by atoms with Crippen molar-refractivity contribution >= 4 is 28.1 Å². The van der Waals surface area contributed by atoms with Crippen molar-refractivity contribution in [2.75, 3.05) is 26.2 Å². The van der Waals surface area contributed by atoms with Gasteiger partial charge in [0.1, 0.15) is 5.52 Å². The minimum atomic E-state index is -0.136. The Kier molecular flexibility index (Phi) is 4.29. The molecular weight excluding hydrogens is 338 g/mol. The fraction of sp³-hybridized carbons (Fsp3) is 0.294. The summed E-state index contributed by atoms with van der Waals surface area (Å²) in [6.07, 6.45) is 0. The Balaban J connectivity index is 1.43. The second kappa shape index (κ2) is 6.73. The maximum absolute atomic E-state index is 12.5. The van der Waals surface area contributed by atoms with Crippen LogP contribution in [0.4, 0.5) is 0 Å². The van der Waals surface area contributed by atoms with Gasteiger partial charge in [-0.05, 0) is 23.6 Å². The first-order chi connectivity index (χ1) is 12.2. The van der Waals surface area contributed by atoms with Crippen LogP contribution < -0.4 is 5.56 Å². The monoisotopic (exact) mass is 355 g/mol. The van der Waals surface area contributed by atoms with E-state index in [-0.39, 0.29) is 11.5 Å². The largest absolute Gasteiger partial charge is 0.335 e. The fourth-order valence-corrected chi connectivity index (χ4v) is 3.64. The number of carbonyl (C=O) groups is 1. The third-order valence-electron chi connectivity index (χ3n) is 4.35. The fourth-order valence-electron chi connectivity index (χ4n) is 2.95. The molecule has 1 fully saturated rings. The molecule has 1 saturated heterocycles. The van der Waals surface area contributed by atoms with Crippen molar-refractivity contribution in [3.05, 3.63) is 57.0 Å². The lowest BCUT2D eigenvalue weighted by Gasteiger charge is -2.34. The van der Waals surface area contributed by atoms with Gasteiger partial charge < -0.3 is 4.90 Å². The zero-order valence-corrected chi connectivity index (χ0v) is 14.4. The molecule has 4 rings (SSSR count). The van der Waals surface area contributed by atoms with Crippen LogP contribution in [0.5, 0.6) is 0 Å². The van der Waals surface area contributed by atoms with Gasteiger partial charge in [0.2, 0.25) is 0 Å². The summed E-state index contributed by atoms with van der Waals surface area (Å²) in [5.74, 6) is 0.0808. The summed E-state index contributed by atoms with van der Waals surface area (Å²) >= 11 is 1.46. The van der Waals surface area contributed by atoms with Crippen molar-refractivity contribution < 1.29 is 4.79 Å². The number of carbonyl (C=O) groups excluding carboxylic acids is 1. The molecule has 0 radical (unpaired) electrons. The molecule has 1 aliphatic rings. The first kappa shape index (κ1) is 15.9. The van der Waals surface area contributed by atoms with Crippen LogP contribution in [0.2, 0.25) is 0 Å². The Bertz CT molecular complexity index is 945. The molecule has 1 aliphatic heterocycles. The molecule has 7 nitrogen and oxygen atoms in total. The van der Waals surface area contributed by atoms with E-state index >= 15 is 0 Å². The topological polar surface area (TPSA) is 71.3 Å². The van der Waals surface area contributed by atoms with Gasteiger partial charge in [0, 0.05) is 26.2 Å². The molecule has 2 aromatic heterocycles. The van der Waals surface area contributed by atoms with Crippen LogP contribution in [0.15, 0.2) is 46.6 Å². The van der Waals surface area contributed by atoms with Crippen molar-refractivity contribution in [3.8, 4) is 0 Å². The van der Waals surface area contributed by atoms with Gasteiger partial charge in [-0.25, -0.2) is 0 Å². The van der Waals surface area contributed by atoms with Crippen LogP contribution in [-0.4, -0.2) is 56.9 Å². The van der Waals surface area contributed by atoms with Crippen molar-refractivity contribution in [1.82, 2.24) is 24.8 Å². The highest BCUT2D eigenvalue weighted by Gasteiger charge is 2.23. The highest BCUT2D eigenvalue weighted by molar-refractivity contribution is 7.12. The molecule has 8 heteroatoms. The van der Waals surface area contributed by atoms with Crippen molar-refractivity contribution in [3.63, 3.8) is 0 Å². The number of amides is 1. The normalized spacial score (nSPS) is 15.6. The Morgan fingerprint density at radius 1 is 1.08 bits per heavy atom. The number of rotatable bonds is 3. The second-order valence-electron chi connectivity index (χ2n) is 5.94. The molecule has 0 atom stereocenters. The van der Waals surface area contributed by atoms with Gasteiger partial charge in [-0.3, -0.25) is 14.5 Å². The number of hydrogen-bond donors (Lipinski definition) is 0. The number of thiophene rings is 1. The molecular formula is C17H17N5O2S. The third-order valence-corrected chi connectivity index (χ3v) is 5.21. The Morgan fingerprint density at radius 3 is 2.64 bits per heavy atom. The number of hydrogen-bond acceptors (Lipinski definition) is 6. The minimum absolute atomic E-state index is 0.0808. The van der Waals surface area contributed by atoms with E-state index in [2.05, 4.69) is 15.2 Å². The van der Waals surface area contributed by atoms with Gasteiger partial charge in [0.15, 0.2) is 0 Å². The number of nitrogens with zero attached hydrogens (tertiary/aromatic N) is 5. The third kappa shape index (κ3) is 3.18. The van der Waals surface area contributed by atoms with Gasteiger partial charge in [-0.15, -0.1) is 16.4 Å². The Labute approximate surface area is 148 Å². The van der Waals surface area contributed by atoms with Crippen LogP contribution in [0, 0.1) is 0 Å². The first-order valence-electron chi connectivity index (χ1n) is 8.10. The van der Waals surface area contributed by atoms with Crippen molar-refractivity contribution in [2.24, 2.45) is 0 Å². The Hall–Kier alpha value is -2.58. The van der Waals surface area contributed by atoms with Crippen LogP contribution >= 0.6 is 11.3 Å². The lowest BCUT2D eigenvalue weighted by Crippen LogP contribution is -2.49. The summed E-state index contributed by atoms with van der Waals surface area (Å²) < 4.78 is 1.39. The molecule has 0 spiro atoms. The maximum Gasteiger partial charge on any atom is 0.278 e. The Morgan fingerprint density at radius 2 is 1.88 bits per heavy atom. The molecule has 0 saturated carbocycles. The predicted octanol–water partition coefficient (Wildman–Crippen LogP) is 1.27. The highest BCUT2D eigenvalue weighted by atomic mass is 32.1. The summed E-state index contributed by atoms with van der Waals surface area (Å²) in [4.78, 5) is 29.6. The predicted molar refractivity (Wildman–Crippen MR) is 95.6 cm³/mol. The van der Waals surface area contributed by atoms with E-state index in [0.29, 0.717) is 43.8 Å². The van der Waals surface area contributed by atoms with E-state index in [1.165, 1.54) is 16.0 Å². The second-order valence-corrected chi connectivity index (χ2v) is 6.89. The van der Waals surface area contributed by atoms with Crippen LogP contribution in [-0.2, 0) is 6.67 Å². The molecule has 3 heterocycles. The van der Waals surface area contributed by atoms with Gasteiger partial charge in [-0.1, -0.05) is 23.4 Å². The molecule has 1 amide bonds. The quantitative estimate of drug-likeness (QED) is 0.708. The minimum Gasteiger partial charge on any atom is -0.335 e. The van der Waals surface area contributed by atoms with Gasteiger partial charge in [0.25, 0.3) is 11.5 Å². The van der Waals surface area contributed by atoms with Gasteiger partial charge in [0.05, 0.1) is 16.9 Å². The van der Waals surface area contributed by atoms with Crippen LogP contribution in [0.1, 0.15) is 9.67 Å². The van der Waals surface area contributed by atoms with E-state index in [4.69, 9.17) is 0 Å². The molecule has 3 aromatic rings. The summed E-state index contributed by atoms with van der Waals surface area (Å²) in [5.41, 5.74) is 0.470. The van der Waals surface area contributed by atoms with Gasteiger partial charge >= 0.3 is 0 Å². The summed E-state index contributed by atoms with van der Waals surface area (Å²) in [7, 11) is 0. The number of benzene rings is 1. The molecule has 0 unspecified atom stereocenters. The number of fused-ring (bicyclic) bond motifs is 1. The lowest BCUT2D eigenvalue weighted by atomic mass is 10.2. The zero-order valence-electron chi connectivity index (χ0n) is 13.5. The smallest absolute Gasteiger partial charge is 0.278 e. The molecule has 0 N–H and O–H groups in total. The number of piperazine rings is 1. The molecule has 128 valence electrons. The lowest BCUT2D eigenvalue weighted by molar-refractivity contribution is 0.0585. The molecule has 0 aliphatic carbocycles. The molecule has 0 bridgehead atoms. The summed E-state index contributed by atoms with van der Waals surface area (Å²) in [6, 6.07) is 10.9. The first-order valence-corrected chi connectivity index (χ1v) is 8.98. The van der Waals surface area contributed by atoms with Gasteiger partial charge in [-0.2, -0.15) is 4.68 Å². The summed E-state index contributed by atoms with van der Waals surface area (Å²) in [6.45, 7) is 3.09. The molecule has 25 heavy (non-hydrogen) atoms.